The summed E-state index contributed by atoms with van der Waals surface area (Å²) >= 11 is 0. The monoisotopic (exact) mass is 298 g/mol. The fraction of sp³-hybridized carbons (Fsp3) is 0.176. The first-order valence-electron chi connectivity index (χ1n) is 6.76. The van der Waals surface area contributed by atoms with Gasteiger partial charge >= 0.3 is 5.97 Å². The molecule has 0 unspecified atom stereocenters. The van der Waals surface area contributed by atoms with Gasteiger partial charge in [0.15, 0.2) is 0 Å². The predicted octanol–water partition coefficient (Wildman–Crippen LogP) is 2.95. The number of oxime groups is 1. The van der Waals surface area contributed by atoms with Crippen LogP contribution in [0.2, 0.25) is 0 Å². The van der Waals surface area contributed by atoms with Crippen molar-refractivity contribution in [2.75, 3.05) is 26.1 Å². The van der Waals surface area contributed by atoms with Gasteiger partial charge in [0, 0.05) is 19.8 Å². The van der Waals surface area contributed by atoms with Crippen LogP contribution in [0, 0.1) is 0 Å². The highest BCUT2D eigenvalue weighted by molar-refractivity contribution is 5.90. The SMILES string of the molecule is COc1ccc(C(=O)O/N=C/c2ccc(N(C)C)cc2)cc1. The van der Waals surface area contributed by atoms with Crippen molar-refractivity contribution in [1.29, 1.82) is 0 Å². The van der Waals surface area contributed by atoms with Crippen molar-refractivity contribution < 1.29 is 14.4 Å². The molecule has 0 atom stereocenters. The molecule has 0 radical (unpaired) electrons. The normalized spacial score (nSPS) is 10.5. The zero-order chi connectivity index (χ0) is 15.9. The summed E-state index contributed by atoms with van der Waals surface area (Å²) in [4.78, 5) is 18.7. The molecule has 5 heteroatoms. The maximum Gasteiger partial charge on any atom is 0.365 e. The Labute approximate surface area is 129 Å². The summed E-state index contributed by atoms with van der Waals surface area (Å²) in [6.45, 7) is 0. The third-order valence-corrected chi connectivity index (χ3v) is 3.07. The molecule has 2 aromatic rings. The minimum Gasteiger partial charge on any atom is -0.497 e. The Morgan fingerprint density at radius 1 is 1.05 bits per heavy atom. The Hall–Kier alpha value is -2.82. The number of ether oxygens (including phenoxy) is 1. The fourth-order valence-corrected chi connectivity index (χ4v) is 1.77. The lowest BCUT2D eigenvalue weighted by Gasteiger charge is -2.11. The Bertz CT molecular complexity index is 647. The van der Waals surface area contributed by atoms with Crippen molar-refractivity contribution in [1.82, 2.24) is 0 Å². The molecular weight excluding hydrogens is 280 g/mol. The Kier molecular flexibility index (Phi) is 5.14. The molecule has 2 rings (SSSR count). The maximum atomic E-state index is 11.8. The Morgan fingerprint density at radius 2 is 1.68 bits per heavy atom. The van der Waals surface area contributed by atoms with Crippen LogP contribution in [0.3, 0.4) is 0 Å². The van der Waals surface area contributed by atoms with E-state index in [9.17, 15) is 4.79 Å². The predicted molar refractivity (Wildman–Crippen MR) is 86.8 cm³/mol. The molecule has 0 heterocycles. The van der Waals surface area contributed by atoms with Crippen molar-refractivity contribution in [3.05, 3.63) is 59.7 Å². The van der Waals surface area contributed by atoms with Crippen LogP contribution < -0.4 is 9.64 Å². The van der Waals surface area contributed by atoms with Crippen molar-refractivity contribution in [2.45, 2.75) is 0 Å². The molecule has 5 nitrogen and oxygen atoms in total. The summed E-state index contributed by atoms with van der Waals surface area (Å²) in [5, 5.41) is 3.72. The van der Waals surface area contributed by atoms with Crippen molar-refractivity contribution >= 4 is 17.9 Å². The lowest BCUT2D eigenvalue weighted by molar-refractivity contribution is 0.0519. The summed E-state index contributed by atoms with van der Waals surface area (Å²) < 4.78 is 5.03. The fourth-order valence-electron chi connectivity index (χ4n) is 1.77. The first kappa shape index (κ1) is 15.6. The van der Waals surface area contributed by atoms with Crippen LogP contribution >= 0.6 is 0 Å². The van der Waals surface area contributed by atoms with Gasteiger partial charge in [-0.1, -0.05) is 17.3 Å². The standard InChI is InChI=1S/C17H18N2O3/c1-19(2)15-8-4-13(5-9-15)12-18-22-17(20)14-6-10-16(21-3)11-7-14/h4-12H,1-3H3/b18-12+. The molecule has 0 N–H and O–H groups in total. The first-order chi connectivity index (χ1) is 10.6. The Balaban J connectivity index is 1.94. The number of benzene rings is 2. The molecule has 0 amide bonds. The lowest BCUT2D eigenvalue weighted by Crippen LogP contribution is -2.08. The van der Waals surface area contributed by atoms with Crippen LogP contribution in [0.5, 0.6) is 5.75 Å². The number of carbonyl (C=O) groups is 1. The van der Waals surface area contributed by atoms with Gasteiger partial charge in [-0.25, -0.2) is 4.79 Å². The summed E-state index contributed by atoms with van der Waals surface area (Å²) in [6.07, 6.45) is 1.50. The summed E-state index contributed by atoms with van der Waals surface area (Å²) in [5.74, 6) is 0.171. The molecule has 0 aliphatic rings. The van der Waals surface area contributed by atoms with E-state index in [1.165, 1.54) is 6.21 Å². The topological polar surface area (TPSA) is 51.1 Å². The van der Waals surface area contributed by atoms with Crippen LogP contribution in [-0.2, 0) is 4.84 Å². The zero-order valence-electron chi connectivity index (χ0n) is 12.8. The van der Waals surface area contributed by atoms with E-state index in [-0.39, 0.29) is 0 Å². The van der Waals surface area contributed by atoms with Gasteiger partial charge in [-0.3, -0.25) is 0 Å². The average Bonchev–Trinajstić information content (AvgIpc) is 2.55. The second-order valence-corrected chi connectivity index (χ2v) is 4.83. The zero-order valence-corrected chi connectivity index (χ0v) is 12.8. The van der Waals surface area contributed by atoms with Crippen molar-refractivity contribution in [3.8, 4) is 5.75 Å². The molecule has 0 aliphatic carbocycles. The van der Waals surface area contributed by atoms with Gasteiger partial charge in [0.1, 0.15) is 5.75 Å². The van der Waals surface area contributed by atoms with E-state index < -0.39 is 5.97 Å². The molecule has 0 saturated carbocycles. The van der Waals surface area contributed by atoms with Gasteiger partial charge in [-0.05, 0) is 42.0 Å². The molecule has 2 aromatic carbocycles. The molecule has 0 spiro atoms. The quantitative estimate of drug-likeness (QED) is 0.484. The van der Waals surface area contributed by atoms with E-state index in [0.29, 0.717) is 11.3 Å². The largest absolute Gasteiger partial charge is 0.497 e. The highest BCUT2D eigenvalue weighted by Crippen LogP contribution is 2.13. The van der Waals surface area contributed by atoms with E-state index in [1.807, 2.05) is 43.3 Å². The molecule has 0 saturated heterocycles. The number of hydrogen-bond acceptors (Lipinski definition) is 5. The van der Waals surface area contributed by atoms with Gasteiger partial charge in [-0.15, -0.1) is 0 Å². The number of anilines is 1. The van der Waals surface area contributed by atoms with Gasteiger partial charge in [-0.2, -0.15) is 0 Å². The molecule has 0 aromatic heterocycles. The number of rotatable bonds is 5. The maximum absolute atomic E-state index is 11.8. The van der Waals surface area contributed by atoms with E-state index in [1.54, 1.807) is 31.4 Å². The van der Waals surface area contributed by atoms with Gasteiger partial charge in [0.2, 0.25) is 0 Å². The summed E-state index contributed by atoms with van der Waals surface area (Å²) in [5.41, 5.74) is 2.36. The third-order valence-electron chi connectivity index (χ3n) is 3.07. The number of hydrogen-bond donors (Lipinski definition) is 0. The van der Waals surface area contributed by atoms with E-state index >= 15 is 0 Å². The second kappa shape index (κ2) is 7.26. The third kappa shape index (κ3) is 4.09. The van der Waals surface area contributed by atoms with E-state index in [4.69, 9.17) is 9.57 Å². The summed E-state index contributed by atoms with van der Waals surface area (Å²) in [7, 11) is 5.51. The van der Waals surface area contributed by atoms with Gasteiger partial charge in [0.05, 0.1) is 18.9 Å². The van der Waals surface area contributed by atoms with Crippen LogP contribution in [-0.4, -0.2) is 33.4 Å². The van der Waals surface area contributed by atoms with Crippen LogP contribution in [0.15, 0.2) is 53.7 Å². The number of methoxy groups -OCH3 is 1. The minimum atomic E-state index is -0.510. The molecule has 114 valence electrons. The van der Waals surface area contributed by atoms with E-state index in [0.717, 1.165) is 11.3 Å². The van der Waals surface area contributed by atoms with E-state index in [2.05, 4.69) is 5.16 Å². The minimum absolute atomic E-state index is 0.418. The molecule has 0 bridgehead atoms. The Morgan fingerprint density at radius 3 is 2.23 bits per heavy atom. The second-order valence-electron chi connectivity index (χ2n) is 4.83. The summed E-state index contributed by atoms with van der Waals surface area (Å²) in [6, 6.07) is 14.4. The number of nitrogens with zero attached hydrogens (tertiary/aromatic N) is 2. The first-order valence-corrected chi connectivity index (χ1v) is 6.76. The van der Waals surface area contributed by atoms with Crippen LogP contribution in [0.25, 0.3) is 0 Å². The van der Waals surface area contributed by atoms with Gasteiger partial charge < -0.3 is 14.5 Å². The smallest absolute Gasteiger partial charge is 0.365 e. The number of carbonyl (C=O) groups excluding carboxylic acids is 1. The van der Waals surface area contributed by atoms with Gasteiger partial charge in [0.25, 0.3) is 0 Å². The molecular formula is C17H18N2O3. The highest BCUT2D eigenvalue weighted by Gasteiger charge is 2.06. The highest BCUT2D eigenvalue weighted by atomic mass is 16.7. The van der Waals surface area contributed by atoms with Crippen LogP contribution in [0.1, 0.15) is 15.9 Å². The average molecular weight is 298 g/mol. The van der Waals surface area contributed by atoms with Crippen molar-refractivity contribution in [2.24, 2.45) is 5.16 Å². The van der Waals surface area contributed by atoms with Crippen molar-refractivity contribution in [3.63, 3.8) is 0 Å². The lowest BCUT2D eigenvalue weighted by atomic mass is 10.2. The molecule has 0 aliphatic heterocycles. The molecule has 22 heavy (non-hydrogen) atoms. The molecule has 0 fully saturated rings. The van der Waals surface area contributed by atoms with Crippen LogP contribution in [0.4, 0.5) is 5.69 Å².